The Morgan fingerprint density at radius 2 is 1.97 bits per heavy atom. The zero-order valence-corrected chi connectivity index (χ0v) is 22.0. The number of nitrogens with zero attached hydrogens (tertiary/aromatic N) is 1. The molecule has 6 rings (SSSR count). The number of aliphatic hydroxyl groups is 2. The number of likely N-dealkylation sites (N-methyl/N-ethyl adjacent to an activating group) is 1. The van der Waals surface area contributed by atoms with Gasteiger partial charge in [-0.15, -0.1) is 0 Å². The molecule has 2 aliphatic heterocycles. The third kappa shape index (κ3) is 3.51. The Bertz CT molecular complexity index is 1100. The molecule has 3 fully saturated rings. The molecule has 1 unspecified atom stereocenters. The number of quaternary nitrogens is 1. The molecule has 0 aromatic heterocycles. The van der Waals surface area contributed by atoms with Crippen molar-refractivity contribution >= 4 is 17.6 Å². The number of hydrogen-bond acceptors (Lipinski definition) is 6. The average Bonchev–Trinajstić information content (AvgIpc) is 3.52. The first kappa shape index (κ1) is 25.8. The number of ether oxygens (including phenoxy) is 1. The molecule has 198 valence electrons. The van der Waals surface area contributed by atoms with Gasteiger partial charge in [-0.3, -0.25) is 4.79 Å². The molecule has 7 atom stereocenters. The first-order valence-electron chi connectivity index (χ1n) is 12.9. The Balaban J connectivity index is 0.00000267. The lowest BCUT2D eigenvalue weighted by atomic mass is 9.48. The van der Waals surface area contributed by atoms with Crippen LogP contribution in [0.25, 0.3) is 0 Å². The number of carboxylic acids is 2. The lowest BCUT2D eigenvalue weighted by molar-refractivity contribution is -0.950. The van der Waals surface area contributed by atoms with E-state index in [1.54, 1.807) is 0 Å². The Kier molecular flexibility index (Phi) is 6.14. The predicted octanol–water partition coefficient (Wildman–Crippen LogP) is -1.51. The van der Waals surface area contributed by atoms with E-state index in [9.17, 15) is 24.9 Å². The Labute approximate surface area is 220 Å². The van der Waals surface area contributed by atoms with E-state index in [4.69, 9.17) is 9.84 Å². The zero-order chi connectivity index (χ0) is 24.8. The molecule has 1 saturated heterocycles. The molecule has 2 heterocycles. The van der Waals surface area contributed by atoms with Gasteiger partial charge in [-0.25, -0.2) is 4.79 Å². The molecule has 1 spiro atoms. The van der Waals surface area contributed by atoms with E-state index in [0.29, 0.717) is 30.7 Å². The fraction of sp³-hybridized carbons (Fsp3) is 0.692. The van der Waals surface area contributed by atoms with Crippen molar-refractivity contribution < 1.29 is 56.2 Å². The number of nitrogens with one attached hydrogen (secondary N) is 1. The first-order valence-corrected chi connectivity index (χ1v) is 12.9. The highest BCUT2D eigenvalue weighted by atomic mass is 79.9. The maximum absolute atomic E-state index is 12.5. The number of anilines is 1. The lowest BCUT2D eigenvalue weighted by Crippen LogP contribution is -3.00. The molecule has 5 aliphatic rings. The second-order valence-corrected chi connectivity index (χ2v) is 11.8. The molecule has 2 saturated carbocycles. The van der Waals surface area contributed by atoms with Crippen LogP contribution in [-0.4, -0.2) is 86.9 Å². The fourth-order valence-electron chi connectivity index (χ4n) is 7.97. The summed E-state index contributed by atoms with van der Waals surface area (Å²) in [7, 11) is 2.28. The third-order valence-corrected chi connectivity index (χ3v) is 9.74. The minimum absolute atomic E-state index is 0. The summed E-state index contributed by atoms with van der Waals surface area (Å²) in [6.45, 7) is 1.98. The van der Waals surface area contributed by atoms with E-state index < -0.39 is 41.2 Å². The van der Waals surface area contributed by atoms with Crippen LogP contribution in [0.5, 0.6) is 5.75 Å². The van der Waals surface area contributed by atoms with E-state index in [-0.39, 0.29) is 35.9 Å². The van der Waals surface area contributed by atoms with Gasteiger partial charge in [0.2, 0.25) is 0 Å². The number of carbonyl (C=O) groups is 2. The number of hydrogen-bond donors (Lipinski definition) is 5. The van der Waals surface area contributed by atoms with E-state index in [1.165, 1.54) is 12.8 Å². The number of carboxylic acid groups (broad SMARTS) is 2. The summed E-state index contributed by atoms with van der Waals surface area (Å²) in [4.78, 5) is 22.9. The third-order valence-electron chi connectivity index (χ3n) is 9.74. The minimum atomic E-state index is -1.13. The van der Waals surface area contributed by atoms with Gasteiger partial charge in [-0.1, -0.05) is 6.07 Å². The monoisotopic (exact) mass is 566 g/mol. The van der Waals surface area contributed by atoms with Crippen molar-refractivity contribution in [2.75, 3.05) is 25.5 Å². The van der Waals surface area contributed by atoms with Gasteiger partial charge in [-0.05, 0) is 43.7 Å². The Hall–Kier alpha value is -1.88. The van der Waals surface area contributed by atoms with Crippen molar-refractivity contribution in [3.63, 3.8) is 0 Å². The molecule has 1 aromatic carbocycles. The largest absolute Gasteiger partial charge is 1.00 e. The molecule has 10 heteroatoms. The van der Waals surface area contributed by atoms with E-state index >= 15 is 0 Å². The van der Waals surface area contributed by atoms with Crippen molar-refractivity contribution in [1.29, 1.82) is 0 Å². The molecule has 3 aliphatic carbocycles. The molecule has 1 aromatic rings. The highest BCUT2D eigenvalue weighted by molar-refractivity contribution is 5.80. The summed E-state index contributed by atoms with van der Waals surface area (Å²) < 4.78 is 7.31. The molecular weight excluding hydrogens is 532 g/mol. The van der Waals surface area contributed by atoms with Gasteiger partial charge < -0.3 is 51.9 Å². The van der Waals surface area contributed by atoms with Crippen LogP contribution in [0, 0.1) is 5.92 Å². The van der Waals surface area contributed by atoms with Crippen LogP contribution >= 0.6 is 0 Å². The standard InChI is InChI=1S/C26H34N2O7.BrH/c1-28(13-14-2-3-14)11-10-25-21-15-4-5-16(27-17(24(32)33)6-7-20(30)31)22(21)35-23(25)18(29)8-9-26(25,34)19(28)12-15;/h4-5,14,17-19,23,27,29,34H,2-3,6-13H2,1H3,(H-,30,31,32,33);1H/t17-,18-,19+,23-,25-,26+,28?;/m0./s1. The fourth-order valence-corrected chi connectivity index (χ4v) is 7.97. The van der Waals surface area contributed by atoms with Crippen LogP contribution in [0.2, 0.25) is 0 Å². The predicted molar refractivity (Wildman–Crippen MR) is 125 cm³/mol. The van der Waals surface area contributed by atoms with Gasteiger partial charge in [0.25, 0.3) is 0 Å². The second kappa shape index (κ2) is 8.58. The number of halogens is 1. The van der Waals surface area contributed by atoms with Crippen molar-refractivity contribution in [3.05, 3.63) is 23.3 Å². The SMILES string of the molecule is C[N+]1(CC2CC2)CC[C@]23c4c5ccc(N[C@@H](CCC(=O)O)C(=O)O)c4O[C@H]2[C@@H](O)CC[C@@]3(O)[C@H]1C5.[Br-]. The highest BCUT2D eigenvalue weighted by Gasteiger charge is 2.76. The summed E-state index contributed by atoms with van der Waals surface area (Å²) in [6.07, 6.45) is 3.29. The van der Waals surface area contributed by atoms with Gasteiger partial charge in [-0.2, -0.15) is 0 Å². The summed E-state index contributed by atoms with van der Waals surface area (Å²) in [5, 5.41) is 45.3. The maximum Gasteiger partial charge on any atom is 0.326 e. The van der Waals surface area contributed by atoms with Crippen LogP contribution in [0.3, 0.4) is 0 Å². The quantitative estimate of drug-likeness (QED) is 0.240. The molecule has 9 nitrogen and oxygen atoms in total. The molecule has 36 heavy (non-hydrogen) atoms. The van der Waals surface area contributed by atoms with Crippen LogP contribution in [0.15, 0.2) is 12.1 Å². The van der Waals surface area contributed by atoms with Gasteiger partial charge >= 0.3 is 11.9 Å². The Morgan fingerprint density at radius 3 is 2.64 bits per heavy atom. The van der Waals surface area contributed by atoms with E-state index in [2.05, 4.69) is 12.4 Å². The van der Waals surface area contributed by atoms with E-state index in [1.807, 2.05) is 12.1 Å². The summed E-state index contributed by atoms with van der Waals surface area (Å²) in [5.41, 5.74) is 0.778. The van der Waals surface area contributed by atoms with Crippen LogP contribution in [0.4, 0.5) is 5.69 Å². The van der Waals surface area contributed by atoms with Crippen molar-refractivity contribution in [2.45, 2.75) is 86.7 Å². The first-order chi connectivity index (χ1) is 16.6. The average molecular weight is 567 g/mol. The summed E-state index contributed by atoms with van der Waals surface area (Å²) in [6, 6.07) is 2.76. The van der Waals surface area contributed by atoms with Gasteiger partial charge in [0.15, 0.2) is 0 Å². The number of rotatable bonds is 8. The molecule has 2 bridgehead atoms. The highest BCUT2D eigenvalue weighted by Crippen LogP contribution is 2.66. The molecule has 0 amide bonds. The van der Waals surface area contributed by atoms with E-state index in [0.717, 1.165) is 41.0 Å². The number of aliphatic carboxylic acids is 2. The van der Waals surface area contributed by atoms with Gasteiger partial charge in [0, 0.05) is 30.7 Å². The number of benzene rings is 1. The van der Waals surface area contributed by atoms with Crippen molar-refractivity contribution in [2.24, 2.45) is 5.92 Å². The molecule has 5 N–H and O–H groups in total. The van der Waals surface area contributed by atoms with Crippen molar-refractivity contribution in [1.82, 2.24) is 0 Å². The second-order valence-electron chi connectivity index (χ2n) is 11.8. The van der Waals surface area contributed by atoms with Crippen LogP contribution < -0.4 is 27.0 Å². The smallest absolute Gasteiger partial charge is 0.326 e. The summed E-state index contributed by atoms with van der Waals surface area (Å²) >= 11 is 0. The topological polar surface area (TPSA) is 136 Å². The van der Waals surface area contributed by atoms with Crippen LogP contribution in [0.1, 0.15) is 56.1 Å². The van der Waals surface area contributed by atoms with Gasteiger partial charge in [0.1, 0.15) is 29.5 Å². The Morgan fingerprint density at radius 1 is 1.22 bits per heavy atom. The minimum Gasteiger partial charge on any atom is -1.00 e. The zero-order valence-electron chi connectivity index (χ0n) is 20.5. The molecule has 0 radical (unpaired) electrons. The molecular formula is C26H35BrN2O7. The normalized spacial score (nSPS) is 38.2. The lowest BCUT2D eigenvalue weighted by Gasteiger charge is -2.65. The van der Waals surface area contributed by atoms with Crippen LogP contribution in [-0.2, 0) is 21.4 Å². The van der Waals surface area contributed by atoms with Crippen molar-refractivity contribution in [3.8, 4) is 5.75 Å². The number of aliphatic hydroxyl groups excluding tert-OH is 1. The summed E-state index contributed by atoms with van der Waals surface area (Å²) in [5.74, 6) is -0.940. The maximum atomic E-state index is 12.5. The van der Waals surface area contributed by atoms with Gasteiger partial charge in [0.05, 0.1) is 37.3 Å². The number of piperidine rings is 1. The number of likely N-dealkylation sites (tertiary alicyclic amines) is 1.